The lowest BCUT2D eigenvalue weighted by atomic mass is 9.95. The smallest absolute Gasteiger partial charge is 0.323 e. The van der Waals surface area contributed by atoms with Crippen molar-refractivity contribution in [1.29, 1.82) is 0 Å². The molecule has 11 nitrogen and oxygen atoms in total. The van der Waals surface area contributed by atoms with Gasteiger partial charge in [0.25, 0.3) is 5.91 Å². The minimum atomic E-state index is -3.81. The van der Waals surface area contributed by atoms with Crippen molar-refractivity contribution in [2.45, 2.75) is 31.3 Å². The van der Waals surface area contributed by atoms with Gasteiger partial charge in [0.15, 0.2) is 0 Å². The first-order valence-corrected chi connectivity index (χ1v) is 11.5. The molecule has 2 saturated heterocycles. The second-order valence-corrected chi connectivity index (χ2v) is 9.23. The maximum atomic E-state index is 12.2. The van der Waals surface area contributed by atoms with E-state index < -0.39 is 40.4 Å². The Morgan fingerprint density at radius 2 is 1.93 bits per heavy atom. The predicted octanol–water partition coefficient (Wildman–Crippen LogP) is -1.12. The third-order valence-corrected chi connectivity index (χ3v) is 5.84. The number of anilines is 1. The number of primary amides is 1. The fourth-order valence-corrected chi connectivity index (χ4v) is 4.54. The van der Waals surface area contributed by atoms with Gasteiger partial charge in [-0.25, -0.2) is 8.42 Å². The van der Waals surface area contributed by atoms with E-state index >= 15 is 0 Å². The average Bonchev–Trinajstić information content (AvgIpc) is 3.07. The highest BCUT2D eigenvalue weighted by atomic mass is 32.2. The van der Waals surface area contributed by atoms with Crippen LogP contribution in [0.25, 0.3) is 0 Å². The van der Waals surface area contributed by atoms with Gasteiger partial charge in [0, 0.05) is 12.5 Å². The molecule has 0 bridgehead atoms. The van der Waals surface area contributed by atoms with E-state index in [2.05, 4.69) is 10.0 Å². The van der Waals surface area contributed by atoms with Crippen molar-refractivity contribution >= 4 is 27.6 Å². The molecule has 2 heterocycles. The van der Waals surface area contributed by atoms with E-state index in [0.29, 0.717) is 5.69 Å². The zero-order chi connectivity index (χ0) is 21.9. The summed E-state index contributed by atoms with van der Waals surface area (Å²) in [5.41, 5.74) is 6.26. The van der Waals surface area contributed by atoms with E-state index in [9.17, 15) is 23.1 Å². The van der Waals surface area contributed by atoms with Crippen LogP contribution in [0.5, 0.6) is 0 Å². The summed E-state index contributed by atoms with van der Waals surface area (Å²) in [4.78, 5) is 23.9. The Morgan fingerprint density at radius 3 is 2.47 bits per heavy atom. The molecule has 3 unspecified atom stereocenters. The van der Waals surface area contributed by atoms with Gasteiger partial charge in [0.1, 0.15) is 12.3 Å². The van der Waals surface area contributed by atoms with Crippen LogP contribution in [0.3, 0.4) is 0 Å². The molecule has 5 N–H and O–H groups in total. The number of carbonyl (C=O) groups excluding carboxylic acids is 1. The number of sulfonamides is 1. The summed E-state index contributed by atoms with van der Waals surface area (Å²) < 4.78 is 31.5. The number of hydrazine groups is 1. The maximum absolute atomic E-state index is 12.2. The highest BCUT2D eigenvalue weighted by Crippen LogP contribution is 2.35. The summed E-state index contributed by atoms with van der Waals surface area (Å²) in [6, 6.07) is 7.59. The second-order valence-electron chi connectivity index (χ2n) is 7.45. The molecule has 0 saturated carbocycles. The fraction of sp³-hybridized carbons (Fsp3) is 0.556. The van der Waals surface area contributed by atoms with Crippen LogP contribution in [0, 0.1) is 5.92 Å². The van der Waals surface area contributed by atoms with Crippen molar-refractivity contribution in [2.75, 3.05) is 30.9 Å². The number of para-hydroxylation sites is 1. The Bertz CT molecular complexity index is 861. The van der Waals surface area contributed by atoms with Crippen LogP contribution in [0.2, 0.25) is 0 Å². The van der Waals surface area contributed by atoms with Crippen molar-refractivity contribution in [3.8, 4) is 0 Å². The molecule has 3 atom stereocenters. The van der Waals surface area contributed by atoms with Gasteiger partial charge in [0.05, 0.1) is 11.9 Å². The van der Waals surface area contributed by atoms with Crippen molar-refractivity contribution in [3.63, 3.8) is 0 Å². The number of hydrogen-bond donors (Lipinski definition) is 4. The van der Waals surface area contributed by atoms with Crippen molar-refractivity contribution in [1.82, 2.24) is 15.0 Å². The first-order chi connectivity index (χ1) is 14.2. The summed E-state index contributed by atoms with van der Waals surface area (Å²) >= 11 is 0. The predicted molar refractivity (Wildman–Crippen MR) is 108 cm³/mol. The molecule has 2 fully saturated rings. The van der Waals surface area contributed by atoms with Crippen LogP contribution in [-0.4, -0.2) is 74.8 Å². The van der Waals surface area contributed by atoms with Gasteiger partial charge in [0.2, 0.25) is 16.3 Å². The number of carbonyl (C=O) groups is 2. The number of amides is 1. The molecule has 0 spiro atoms. The Morgan fingerprint density at radius 1 is 1.30 bits per heavy atom. The zero-order valence-corrected chi connectivity index (χ0v) is 17.4. The highest BCUT2D eigenvalue weighted by Gasteiger charge is 2.48. The molecular weight excluding hydrogens is 414 g/mol. The lowest BCUT2D eigenvalue weighted by Gasteiger charge is -2.38. The molecule has 1 amide bonds. The van der Waals surface area contributed by atoms with Gasteiger partial charge >= 0.3 is 5.97 Å². The highest BCUT2D eigenvalue weighted by molar-refractivity contribution is 7.88. The Balaban J connectivity index is 1.98. The summed E-state index contributed by atoms with van der Waals surface area (Å²) in [5.74, 6) is -2.08. The van der Waals surface area contributed by atoms with Gasteiger partial charge in [-0.3, -0.25) is 14.6 Å². The van der Waals surface area contributed by atoms with Gasteiger partial charge < -0.3 is 20.9 Å². The third-order valence-electron chi connectivity index (χ3n) is 5.13. The SMILES string of the molecule is CS(=O)(=O)NC(CN1C(C(N)=O)OC(C2CCNCC2)N1c1ccccc1)C(=O)O. The number of nitrogens with two attached hydrogens (primary N) is 1. The first-order valence-electron chi connectivity index (χ1n) is 9.64. The van der Waals surface area contributed by atoms with E-state index in [1.807, 2.05) is 30.3 Å². The van der Waals surface area contributed by atoms with Crippen molar-refractivity contribution in [2.24, 2.45) is 11.7 Å². The molecule has 3 rings (SSSR count). The lowest BCUT2D eigenvalue weighted by molar-refractivity contribution is -0.143. The number of piperidine rings is 1. The van der Waals surface area contributed by atoms with Gasteiger partial charge in [-0.15, -0.1) is 0 Å². The maximum Gasteiger partial charge on any atom is 0.323 e. The number of nitrogens with one attached hydrogen (secondary N) is 2. The van der Waals surface area contributed by atoms with E-state index in [0.717, 1.165) is 32.2 Å². The van der Waals surface area contributed by atoms with Crippen molar-refractivity contribution < 1.29 is 27.9 Å². The number of rotatable bonds is 8. The van der Waals surface area contributed by atoms with Crippen LogP contribution in [0.15, 0.2) is 30.3 Å². The molecule has 2 aliphatic rings. The van der Waals surface area contributed by atoms with Crippen LogP contribution < -0.4 is 20.8 Å². The van der Waals surface area contributed by atoms with Crippen molar-refractivity contribution in [3.05, 3.63) is 30.3 Å². The zero-order valence-electron chi connectivity index (χ0n) is 16.6. The summed E-state index contributed by atoms with van der Waals surface area (Å²) in [6.07, 6.45) is 0.712. The molecule has 0 radical (unpaired) electrons. The topological polar surface area (TPSA) is 154 Å². The number of ether oxygens (including phenoxy) is 1. The lowest BCUT2D eigenvalue weighted by Crippen LogP contribution is -2.56. The van der Waals surface area contributed by atoms with Gasteiger partial charge in [-0.1, -0.05) is 18.2 Å². The quantitative estimate of drug-likeness (QED) is 0.393. The van der Waals surface area contributed by atoms with E-state index in [4.69, 9.17) is 10.5 Å². The van der Waals surface area contributed by atoms with Crippen LogP contribution in [0.1, 0.15) is 12.8 Å². The monoisotopic (exact) mass is 441 g/mol. The Labute approximate surface area is 175 Å². The van der Waals surface area contributed by atoms with Crippen LogP contribution in [-0.2, 0) is 24.3 Å². The number of hydrogen-bond acceptors (Lipinski definition) is 8. The van der Waals surface area contributed by atoms with Gasteiger partial charge in [-0.2, -0.15) is 9.73 Å². The van der Waals surface area contributed by atoms with E-state index in [1.165, 1.54) is 5.01 Å². The van der Waals surface area contributed by atoms with E-state index in [1.54, 1.807) is 5.01 Å². The minimum Gasteiger partial charge on any atom is -0.480 e. The molecule has 166 valence electrons. The number of nitrogens with zero attached hydrogens (tertiary/aromatic N) is 2. The molecule has 1 aromatic rings. The standard InChI is InChI=1S/C18H27N5O6S/c1-30(27,28)21-14(18(25)26)11-22-17(15(19)24)29-16(12-7-9-20-10-8-12)23(22)13-5-3-2-4-6-13/h2-6,12,14,16-17,20-21H,7-11H2,1H3,(H2,19,24)(H,25,26). The van der Waals surface area contributed by atoms with Gasteiger partial charge in [-0.05, 0) is 38.1 Å². The number of benzene rings is 1. The normalized spacial score (nSPS) is 24.6. The molecule has 0 aliphatic carbocycles. The average molecular weight is 442 g/mol. The summed E-state index contributed by atoms with van der Waals surface area (Å²) in [6.45, 7) is 1.25. The summed E-state index contributed by atoms with van der Waals surface area (Å²) in [7, 11) is -3.81. The molecule has 2 aliphatic heterocycles. The van der Waals surface area contributed by atoms with E-state index in [-0.39, 0.29) is 12.5 Å². The third kappa shape index (κ3) is 5.26. The van der Waals surface area contributed by atoms with Crippen LogP contribution in [0.4, 0.5) is 5.69 Å². The largest absolute Gasteiger partial charge is 0.480 e. The molecule has 0 aromatic heterocycles. The Hall–Kier alpha value is -2.25. The molecule has 12 heteroatoms. The molecular formula is C18H27N5O6S. The number of carboxylic acids is 1. The van der Waals surface area contributed by atoms with Crippen LogP contribution >= 0.6 is 0 Å². The molecule has 30 heavy (non-hydrogen) atoms. The number of carboxylic acid groups (broad SMARTS) is 1. The Kier molecular flexibility index (Phi) is 6.93. The molecule has 1 aromatic carbocycles. The summed E-state index contributed by atoms with van der Waals surface area (Å²) in [5, 5.41) is 16.0. The number of aliphatic carboxylic acids is 1. The fourth-order valence-electron chi connectivity index (χ4n) is 3.84. The second kappa shape index (κ2) is 9.27. The minimum absolute atomic E-state index is 0.0736. The first kappa shape index (κ1) is 22.4.